The summed E-state index contributed by atoms with van der Waals surface area (Å²) < 4.78 is 45.2. The number of aryl methyl sites for hydroxylation is 2. The minimum absolute atomic E-state index is 0.171. The van der Waals surface area contributed by atoms with Crippen LogP contribution in [-0.4, -0.2) is 21.7 Å². The van der Waals surface area contributed by atoms with Crippen LogP contribution >= 0.6 is 0 Å². The van der Waals surface area contributed by atoms with Crippen molar-refractivity contribution in [1.82, 2.24) is 4.90 Å². The van der Waals surface area contributed by atoms with Crippen molar-refractivity contribution < 1.29 is 32.3 Å². The minimum atomic E-state index is -4.55. The molecule has 0 spiro atoms. The molecule has 1 aliphatic heterocycles. The molecule has 3 aromatic rings. The summed E-state index contributed by atoms with van der Waals surface area (Å²) in [5, 5.41) is 11.0. The average molecular weight is 469 g/mol. The standard InChI is InChI=1S/C26H22F3NO4/c1-3-16-8-10-18(11-9-16)23(31)21-22(20-12-7-15(2)34-20)30(25(33)24(21)32)14-17-5-4-6-19(13-17)26(27,28)29/h4-13,22,31H,3,14H2,1-2H3/b23-21-. The maximum Gasteiger partial charge on any atom is 0.416 e. The number of Topliss-reactive ketones (excluding diaryl/α,β-unsaturated/α-hetero) is 1. The largest absolute Gasteiger partial charge is 0.507 e. The molecule has 34 heavy (non-hydrogen) atoms. The van der Waals surface area contributed by atoms with Crippen molar-refractivity contribution in [2.24, 2.45) is 0 Å². The van der Waals surface area contributed by atoms with Gasteiger partial charge in [-0.25, -0.2) is 0 Å². The van der Waals surface area contributed by atoms with Crippen molar-refractivity contribution in [2.45, 2.75) is 39.0 Å². The van der Waals surface area contributed by atoms with Gasteiger partial charge in [-0.1, -0.05) is 43.3 Å². The molecule has 0 bridgehead atoms. The van der Waals surface area contributed by atoms with Crippen molar-refractivity contribution in [1.29, 1.82) is 0 Å². The highest BCUT2D eigenvalue weighted by Gasteiger charge is 2.47. The van der Waals surface area contributed by atoms with Crippen LogP contribution in [0.4, 0.5) is 13.2 Å². The second-order valence-electron chi connectivity index (χ2n) is 8.12. The number of rotatable bonds is 5. The molecule has 1 aromatic heterocycles. The van der Waals surface area contributed by atoms with Gasteiger partial charge in [-0.3, -0.25) is 9.59 Å². The van der Waals surface area contributed by atoms with Gasteiger partial charge in [0.1, 0.15) is 23.3 Å². The smallest absolute Gasteiger partial charge is 0.416 e. The molecule has 1 unspecified atom stereocenters. The molecule has 176 valence electrons. The third-order valence-electron chi connectivity index (χ3n) is 5.81. The van der Waals surface area contributed by atoms with Crippen LogP contribution in [0.2, 0.25) is 0 Å². The topological polar surface area (TPSA) is 70.8 Å². The normalized spacial score (nSPS) is 18.0. The molecule has 1 aliphatic rings. The lowest BCUT2D eigenvalue weighted by Gasteiger charge is -2.24. The molecule has 0 saturated carbocycles. The van der Waals surface area contributed by atoms with E-state index in [4.69, 9.17) is 4.42 Å². The fraction of sp³-hybridized carbons (Fsp3) is 0.231. The Kier molecular flexibility index (Phi) is 6.08. The Labute approximate surface area is 194 Å². The molecule has 2 heterocycles. The quantitative estimate of drug-likeness (QED) is 0.292. The van der Waals surface area contributed by atoms with Gasteiger partial charge in [-0.05, 0) is 48.7 Å². The van der Waals surface area contributed by atoms with E-state index in [1.165, 1.54) is 12.1 Å². The van der Waals surface area contributed by atoms with E-state index in [1.807, 2.05) is 6.92 Å². The number of hydrogen-bond acceptors (Lipinski definition) is 4. The number of ketones is 1. The number of benzene rings is 2. The summed E-state index contributed by atoms with van der Waals surface area (Å²) in [5.74, 6) is -1.47. The van der Waals surface area contributed by atoms with E-state index in [0.717, 1.165) is 29.0 Å². The lowest BCUT2D eigenvalue weighted by Crippen LogP contribution is -2.29. The van der Waals surface area contributed by atoms with E-state index >= 15 is 0 Å². The van der Waals surface area contributed by atoms with E-state index in [9.17, 15) is 27.9 Å². The van der Waals surface area contributed by atoms with Gasteiger partial charge in [-0.15, -0.1) is 0 Å². The Morgan fingerprint density at radius 3 is 2.32 bits per heavy atom. The maximum absolute atomic E-state index is 13.2. The lowest BCUT2D eigenvalue weighted by molar-refractivity contribution is -0.140. The molecule has 1 fully saturated rings. The molecule has 1 N–H and O–H groups in total. The van der Waals surface area contributed by atoms with Crippen LogP contribution in [0.3, 0.4) is 0 Å². The van der Waals surface area contributed by atoms with Crippen LogP contribution < -0.4 is 0 Å². The van der Waals surface area contributed by atoms with Crippen molar-refractivity contribution in [3.05, 3.63) is 100 Å². The molecule has 8 heteroatoms. The number of hydrogen-bond donors (Lipinski definition) is 1. The third-order valence-corrected chi connectivity index (χ3v) is 5.81. The Morgan fingerprint density at radius 2 is 1.74 bits per heavy atom. The Balaban J connectivity index is 1.80. The van der Waals surface area contributed by atoms with Crippen molar-refractivity contribution in [2.75, 3.05) is 0 Å². The molecule has 5 nitrogen and oxygen atoms in total. The predicted molar refractivity (Wildman–Crippen MR) is 119 cm³/mol. The zero-order valence-electron chi connectivity index (χ0n) is 18.5. The van der Waals surface area contributed by atoms with Crippen LogP contribution in [0, 0.1) is 6.92 Å². The molecule has 1 amide bonds. The van der Waals surface area contributed by atoms with Crippen molar-refractivity contribution in [3.63, 3.8) is 0 Å². The van der Waals surface area contributed by atoms with Gasteiger partial charge < -0.3 is 14.4 Å². The molecule has 1 saturated heterocycles. The molecule has 4 rings (SSSR count). The van der Waals surface area contributed by atoms with Gasteiger partial charge in [-0.2, -0.15) is 13.2 Å². The van der Waals surface area contributed by atoms with E-state index in [0.29, 0.717) is 11.3 Å². The Hall–Kier alpha value is -3.81. The average Bonchev–Trinajstić information content (AvgIpc) is 3.34. The summed E-state index contributed by atoms with van der Waals surface area (Å²) in [6, 6.07) is 13.6. The van der Waals surface area contributed by atoms with Crippen LogP contribution in [0.5, 0.6) is 0 Å². The monoisotopic (exact) mass is 469 g/mol. The van der Waals surface area contributed by atoms with Crippen molar-refractivity contribution in [3.8, 4) is 0 Å². The number of alkyl halides is 3. The highest BCUT2D eigenvalue weighted by atomic mass is 19.4. The predicted octanol–water partition coefficient (Wildman–Crippen LogP) is 5.79. The first-order chi connectivity index (χ1) is 16.1. The van der Waals surface area contributed by atoms with Crippen LogP contribution in [-0.2, 0) is 28.7 Å². The second kappa shape index (κ2) is 8.85. The third kappa shape index (κ3) is 4.35. The van der Waals surface area contributed by atoms with Crippen LogP contribution in [0.1, 0.15) is 46.7 Å². The summed E-state index contributed by atoms with van der Waals surface area (Å²) in [5.41, 5.74) is 0.540. The van der Waals surface area contributed by atoms with E-state index in [2.05, 4.69) is 0 Å². The molecule has 0 aliphatic carbocycles. The number of nitrogens with zero attached hydrogens (tertiary/aromatic N) is 1. The first-order valence-electron chi connectivity index (χ1n) is 10.7. The minimum Gasteiger partial charge on any atom is -0.507 e. The Morgan fingerprint density at radius 1 is 1.03 bits per heavy atom. The number of carbonyl (C=O) groups is 2. The number of furan rings is 1. The number of amides is 1. The number of halogens is 3. The Bertz CT molecular complexity index is 1270. The number of carbonyl (C=O) groups excluding carboxylic acids is 2. The van der Waals surface area contributed by atoms with Gasteiger partial charge >= 0.3 is 6.18 Å². The molecule has 2 aromatic carbocycles. The zero-order valence-corrected chi connectivity index (χ0v) is 18.5. The first-order valence-corrected chi connectivity index (χ1v) is 10.7. The number of aliphatic hydroxyl groups is 1. The van der Waals surface area contributed by atoms with E-state index in [1.54, 1.807) is 43.3 Å². The zero-order chi connectivity index (χ0) is 24.6. The summed E-state index contributed by atoms with van der Waals surface area (Å²) in [6.45, 7) is 3.39. The summed E-state index contributed by atoms with van der Waals surface area (Å²) >= 11 is 0. The first kappa shape index (κ1) is 23.4. The number of aliphatic hydroxyl groups excluding tert-OH is 1. The molecular weight excluding hydrogens is 447 g/mol. The highest BCUT2D eigenvalue weighted by molar-refractivity contribution is 6.46. The summed E-state index contributed by atoms with van der Waals surface area (Å²) in [4.78, 5) is 27.2. The van der Waals surface area contributed by atoms with Gasteiger partial charge in [0.15, 0.2) is 0 Å². The molecule has 1 atom stereocenters. The van der Waals surface area contributed by atoms with Gasteiger partial charge in [0.25, 0.3) is 11.7 Å². The highest BCUT2D eigenvalue weighted by Crippen LogP contribution is 2.41. The second-order valence-corrected chi connectivity index (χ2v) is 8.12. The molecule has 0 radical (unpaired) electrons. The van der Waals surface area contributed by atoms with E-state index < -0.39 is 29.5 Å². The van der Waals surface area contributed by atoms with Crippen molar-refractivity contribution >= 4 is 17.4 Å². The fourth-order valence-corrected chi connectivity index (χ4v) is 4.04. The van der Waals surface area contributed by atoms with Gasteiger partial charge in [0.05, 0.1) is 11.1 Å². The van der Waals surface area contributed by atoms with Gasteiger partial charge in [0.2, 0.25) is 0 Å². The summed E-state index contributed by atoms with van der Waals surface area (Å²) in [7, 11) is 0. The van der Waals surface area contributed by atoms with Crippen LogP contribution in [0.15, 0.2) is 70.7 Å². The lowest BCUT2D eigenvalue weighted by atomic mass is 9.98. The SMILES string of the molecule is CCc1ccc(/C(O)=C2/C(=O)C(=O)N(Cc3cccc(C(F)(F)F)c3)C2c2ccc(C)o2)cc1. The molecular formula is C26H22F3NO4. The number of likely N-dealkylation sites (tertiary alicyclic amines) is 1. The summed E-state index contributed by atoms with van der Waals surface area (Å²) in [6.07, 6.45) is -3.76. The van der Waals surface area contributed by atoms with Gasteiger partial charge in [0, 0.05) is 12.1 Å². The van der Waals surface area contributed by atoms with E-state index in [-0.39, 0.29) is 29.2 Å². The maximum atomic E-state index is 13.2. The fourth-order valence-electron chi connectivity index (χ4n) is 4.04. The van der Waals surface area contributed by atoms with Crippen LogP contribution in [0.25, 0.3) is 5.76 Å².